The van der Waals surface area contributed by atoms with Gasteiger partial charge in [-0.25, -0.2) is 4.39 Å². The summed E-state index contributed by atoms with van der Waals surface area (Å²) in [5.41, 5.74) is 1.69. The van der Waals surface area contributed by atoms with E-state index in [1.807, 2.05) is 13.0 Å². The van der Waals surface area contributed by atoms with Crippen LogP contribution in [0, 0.1) is 12.7 Å². The minimum absolute atomic E-state index is 0.00949. The lowest BCUT2D eigenvalue weighted by Crippen LogP contribution is -2.42. The number of carbonyl (C=O) groups excluding carboxylic acids is 2. The molecule has 2 aromatic rings. The fourth-order valence-corrected chi connectivity index (χ4v) is 2.99. The van der Waals surface area contributed by atoms with E-state index in [0.717, 1.165) is 12.0 Å². The number of hydrogen-bond acceptors (Lipinski definition) is 2. The maximum absolute atomic E-state index is 13.5. The van der Waals surface area contributed by atoms with E-state index in [2.05, 4.69) is 0 Å². The lowest BCUT2D eigenvalue weighted by atomic mass is 10.1. The summed E-state index contributed by atoms with van der Waals surface area (Å²) in [6.45, 7) is 2.59. The van der Waals surface area contributed by atoms with Crippen molar-refractivity contribution < 1.29 is 14.0 Å². The first-order chi connectivity index (χ1) is 12.0. The first-order valence-corrected chi connectivity index (χ1v) is 8.45. The molecule has 1 aliphatic rings. The smallest absolute Gasteiger partial charge is 0.259 e. The Morgan fingerprint density at radius 1 is 1.28 bits per heavy atom. The molecular formula is C19H18ClFN2O2. The maximum atomic E-state index is 13.5. The molecule has 25 heavy (non-hydrogen) atoms. The zero-order valence-electron chi connectivity index (χ0n) is 13.8. The second kappa shape index (κ2) is 7.23. The summed E-state index contributed by atoms with van der Waals surface area (Å²) in [7, 11) is 0. The van der Waals surface area contributed by atoms with Gasteiger partial charge in [0, 0.05) is 29.2 Å². The fourth-order valence-electron chi connectivity index (χ4n) is 2.81. The van der Waals surface area contributed by atoms with E-state index in [4.69, 9.17) is 11.6 Å². The predicted molar refractivity (Wildman–Crippen MR) is 95.2 cm³/mol. The summed E-state index contributed by atoms with van der Waals surface area (Å²) in [6, 6.07) is 10.8. The van der Waals surface area contributed by atoms with Crippen LogP contribution in [-0.4, -0.2) is 29.9 Å². The summed E-state index contributed by atoms with van der Waals surface area (Å²) in [5, 5.41) is 0.530. The third-order valence-corrected chi connectivity index (χ3v) is 4.67. The number of aryl methyl sites for hydroxylation is 1. The maximum Gasteiger partial charge on any atom is 0.259 e. The van der Waals surface area contributed by atoms with Crippen LogP contribution in [0.1, 0.15) is 28.8 Å². The van der Waals surface area contributed by atoms with Crippen molar-refractivity contribution in [3.05, 3.63) is 64.4 Å². The van der Waals surface area contributed by atoms with Crippen LogP contribution in [0.2, 0.25) is 5.02 Å². The quantitative estimate of drug-likeness (QED) is 0.826. The third-order valence-electron chi connectivity index (χ3n) is 4.27. The van der Waals surface area contributed by atoms with E-state index < -0.39 is 5.82 Å². The highest BCUT2D eigenvalue weighted by Crippen LogP contribution is 2.26. The van der Waals surface area contributed by atoms with Gasteiger partial charge in [-0.1, -0.05) is 23.7 Å². The van der Waals surface area contributed by atoms with Gasteiger partial charge in [0.25, 0.3) is 5.91 Å². The Hall–Kier alpha value is -2.40. The van der Waals surface area contributed by atoms with Crippen LogP contribution in [-0.2, 0) is 4.79 Å². The molecule has 130 valence electrons. The number of likely N-dealkylation sites (tertiary alicyclic amines) is 1. The molecule has 0 radical (unpaired) electrons. The molecule has 0 saturated carbocycles. The number of hydrogen-bond donors (Lipinski definition) is 0. The molecule has 1 fully saturated rings. The van der Waals surface area contributed by atoms with Crippen molar-refractivity contribution in [2.75, 3.05) is 18.1 Å². The summed E-state index contributed by atoms with van der Waals surface area (Å²) >= 11 is 6.20. The standard InChI is InChI=1S/C19H18ClFN2O2/c1-13-7-8-16(11-17(13)20)23(12-22-9-3-6-18(22)24)19(25)14-4-2-5-15(21)10-14/h2,4-5,7-8,10-11H,3,6,9,12H2,1H3. The van der Waals surface area contributed by atoms with Crippen molar-refractivity contribution in [1.82, 2.24) is 4.90 Å². The highest BCUT2D eigenvalue weighted by atomic mass is 35.5. The minimum Gasteiger partial charge on any atom is -0.324 e. The Kier molecular flexibility index (Phi) is 5.04. The molecule has 0 bridgehead atoms. The topological polar surface area (TPSA) is 40.6 Å². The number of carbonyl (C=O) groups is 2. The predicted octanol–water partition coefficient (Wildman–Crippen LogP) is 4.01. The van der Waals surface area contributed by atoms with E-state index in [0.29, 0.717) is 23.7 Å². The molecule has 1 heterocycles. The molecule has 3 rings (SSSR count). The van der Waals surface area contributed by atoms with Crippen LogP contribution in [0.5, 0.6) is 0 Å². The fraction of sp³-hybridized carbons (Fsp3) is 0.263. The van der Waals surface area contributed by atoms with Crippen molar-refractivity contribution in [3.8, 4) is 0 Å². The van der Waals surface area contributed by atoms with Crippen LogP contribution in [0.4, 0.5) is 10.1 Å². The third kappa shape index (κ3) is 3.82. The summed E-state index contributed by atoms with van der Waals surface area (Å²) in [4.78, 5) is 28.0. The average molecular weight is 361 g/mol. The largest absolute Gasteiger partial charge is 0.324 e. The number of nitrogens with zero attached hydrogens (tertiary/aromatic N) is 2. The first kappa shape index (κ1) is 17.4. The van der Waals surface area contributed by atoms with Crippen LogP contribution in [0.25, 0.3) is 0 Å². The van der Waals surface area contributed by atoms with Gasteiger partial charge >= 0.3 is 0 Å². The molecule has 0 aliphatic carbocycles. The molecule has 4 nitrogen and oxygen atoms in total. The van der Waals surface area contributed by atoms with E-state index in [-0.39, 0.29) is 24.0 Å². The van der Waals surface area contributed by atoms with E-state index in [1.54, 1.807) is 23.1 Å². The van der Waals surface area contributed by atoms with Gasteiger partial charge in [-0.2, -0.15) is 0 Å². The number of anilines is 1. The van der Waals surface area contributed by atoms with Gasteiger partial charge in [0.15, 0.2) is 0 Å². The molecular weight excluding hydrogens is 343 g/mol. The van der Waals surface area contributed by atoms with Gasteiger partial charge in [-0.15, -0.1) is 0 Å². The molecule has 2 amide bonds. The normalized spacial score (nSPS) is 14.0. The second-order valence-corrected chi connectivity index (χ2v) is 6.49. The second-order valence-electron chi connectivity index (χ2n) is 6.08. The zero-order valence-corrected chi connectivity index (χ0v) is 14.6. The number of halogens is 2. The summed E-state index contributed by atoms with van der Waals surface area (Å²) in [5.74, 6) is -0.848. The Bertz CT molecular complexity index is 825. The van der Waals surface area contributed by atoms with E-state index in [9.17, 15) is 14.0 Å². The SMILES string of the molecule is Cc1ccc(N(CN2CCCC2=O)C(=O)c2cccc(F)c2)cc1Cl. The van der Waals surface area contributed by atoms with Crippen molar-refractivity contribution >= 4 is 29.1 Å². The van der Waals surface area contributed by atoms with Crippen molar-refractivity contribution in [3.63, 3.8) is 0 Å². The molecule has 0 N–H and O–H groups in total. The minimum atomic E-state index is -0.481. The van der Waals surface area contributed by atoms with E-state index in [1.165, 1.54) is 23.1 Å². The van der Waals surface area contributed by atoms with Crippen LogP contribution in [0.15, 0.2) is 42.5 Å². The lowest BCUT2D eigenvalue weighted by Gasteiger charge is -2.28. The van der Waals surface area contributed by atoms with Gasteiger partial charge in [0.05, 0.1) is 0 Å². The van der Waals surface area contributed by atoms with Gasteiger partial charge < -0.3 is 4.90 Å². The van der Waals surface area contributed by atoms with Gasteiger partial charge in [0.2, 0.25) is 5.91 Å². The molecule has 0 spiro atoms. The molecule has 6 heteroatoms. The number of rotatable bonds is 4. The Morgan fingerprint density at radius 2 is 2.08 bits per heavy atom. The van der Waals surface area contributed by atoms with Crippen LogP contribution in [0.3, 0.4) is 0 Å². The van der Waals surface area contributed by atoms with E-state index >= 15 is 0 Å². The molecule has 2 aromatic carbocycles. The van der Waals surface area contributed by atoms with Crippen LogP contribution >= 0.6 is 11.6 Å². The Balaban J connectivity index is 1.96. The zero-order chi connectivity index (χ0) is 18.0. The molecule has 1 aliphatic heterocycles. The molecule has 0 unspecified atom stereocenters. The van der Waals surface area contributed by atoms with Gasteiger partial charge in [0.1, 0.15) is 12.5 Å². The van der Waals surface area contributed by atoms with Crippen molar-refractivity contribution in [2.45, 2.75) is 19.8 Å². The number of amides is 2. The summed E-state index contributed by atoms with van der Waals surface area (Å²) < 4.78 is 13.5. The van der Waals surface area contributed by atoms with Crippen molar-refractivity contribution in [2.24, 2.45) is 0 Å². The Morgan fingerprint density at radius 3 is 2.72 bits per heavy atom. The van der Waals surface area contributed by atoms with Crippen LogP contribution < -0.4 is 4.90 Å². The number of benzene rings is 2. The molecule has 0 atom stereocenters. The highest BCUT2D eigenvalue weighted by molar-refractivity contribution is 6.31. The average Bonchev–Trinajstić information content (AvgIpc) is 2.99. The van der Waals surface area contributed by atoms with Crippen molar-refractivity contribution in [1.29, 1.82) is 0 Å². The first-order valence-electron chi connectivity index (χ1n) is 8.07. The van der Waals surface area contributed by atoms with Gasteiger partial charge in [-0.05, 0) is 49.2 Å². The lowest BCUT2D eigenvalue weighted by molar-refractivity contribution is -0.127. The van der Waals surface area contributed by atoms with Gasteiger partial charge in [-0.3, -0.25) is 14.5 Å². The highest BCUT2D eigenvalue weighted by Gasteiger charge is 2.26. The molecule has 0 aromatic heterocycles. The Labute approximate surface area is 150 Å². The summed E-state index contributed by atoms with van der Waals surface area (Å²) in [6.07, 6.45) is 1.26. The monoisotopic (exact) mass is 360 g/mol. The molecule has 1 saturated heterocycles.